The lowest BCUT2D eigenvalue weighted by Gasteiger charge is -2.16. The van der Waals surface area contributed by atoms with Gasteiger partial charge in [-0.1, -0.05) is 0 Å². The summed E-state index contributed by atoms with van der Waals surface area (Å²) < 4.78 is 9.71. The first-order valence-corrected chi connectivity index (χ1v) is 2.37. The highest BCUT2D eigenvalue weighted by molar-refractivity contribution is 5.32. The van der Waals surface area contributed by atoms with Crippen LogP contribution in [0.4, 0.5) is 0 Å². The quantitative estimate of drug-likeness (QED) is 0.465. The van der Waals surface area contributed by atoms with Crippen LogP contribution in [0.3, 0.4) is 0 Å². The van der Waals surface area contributed by atoms with Gasteiger partial charge in [-0.15, -0.1) is 0 Å². The monoisotopic (exact) mass is 108 g/mol. The largest absolute Gasteiger partial charge is 0.461 e. The van der Waals surface area contributed by atoms with Crippen LogP contribution >= 0.6 is 0 Å². The summed E-state index contributed by atoms with van der Waals surface area (Å²) in [5.41, 5.74) is 0. The van der Waals surface area contributed by atoms with Crippen LogP contribution < -0.4 is 0 Å². The smallest absolute Gasteiger partial charge is 0.172 e. The van der Waals surface area contributed by atoms with Gasteiger partial charge in [0.2, 0.25) is 0 Å². The van der Waals surface area contributed by atoms with E-state index in [4.69, 9.17) is 9.47 Å². The van der Waals surface area contributed by atoms with Crippen LogP contribution in [0.5, 0.6) is 0 Å². The summed E-state index contributed by atoms with van der Waals surface area (Å²) in [6, 6.07) is 0. The van der Waals surface area contributed by atoms with Crippen LogP contribution in [0.25, 0.3) is 0 Å². The highest BCUT2D eigenvalue weighted by Gasteiger charge is 2.12. The second kappa shape index (κ2) is 1.15. The van der Waals surface area contributed by atoms with Crippen molar-refractivity contribution in [2.24, 2.45) is 0 Å². The van der Waals surface area contributed by atoms with Gasteiger partial charge in [-0.25, -0.2) is 0 Å². The first-order valence-electron chi connectivity index (χ1n) is 2.37. The minimum atomic E-state index is 0.826. The molecule has 0 aromatic heterocycles. The minimum Gasteiger partial charge on any atom is -0.461 e. The lowest BCUT2D eigenvalue weighted by molar-refractivity contribution is 0.252. The Balaban J connectivity index is 2.34. The summed E-state index contributed by atoms with van der Waals surface area (Å²) in [5, 5.41) is 0. The maximum atomic E-state index is 4.86. The van der Waals surface area contributed by atoms with Crippen molar-refractivity contribution < 1.29 is 9.47 Å². The van der Waals surface area contributed by atoms with Gasteiger partial charge in [0, 0.05) is 12.2 Å². The van der Waals surface area contributed by atoms with Gasteiger partial charge in [0.1, 0.15) is 0 Å². The number of hydrogen-bond donors (Lipinski definition) is 0. The molecule has 2 nitrogen and oxygen atoms in total. The molecule has 40 valence electrons. The third kappa shape index (κ3) is 0.320. The fourth-order valence-electron chi connectivity index (χ4n) is 0.553. The second-order valence-electron chi connectivity index (χ2n) is 1.57. The molecule has 0 amide bonds. The van der Waals surface area contributed by atoms with Crippen molar-refractivity contribution in [2.75, 3.05) is 0 Å². The number of rotatable bonds is 0. The summed E-state index contributed by atoms with van der Waals surface area (Å²) in [4.78, 5) is 0. The number of allylic oxidation sites excluding steroid dienone is 2. The van der Waals surface area contributed by atoms with E-state index in [2.05, 4.69) is 0 Å². The van der Waals surface area contributed by atoms with Crippen molar-refractivity contribution in [3.05, 3.63) is 36.2 Å². The fourth-order valence-corrected chi connectivity index (χ4v) is 0.553. The first-order chi connectivity index (χ1) is 3.97. The van der Waals surface area contributed by atoms with Crippen molar-refractivity contribution in [3.8, 4) is 0 Å². The molecule has 8 heavy (non-hydrogen) atoms. The molecule has 0 N–H and O–H groups in total. The average Bonchev–Trinajstić information content (AvgIpc) is 1.47. The van der Waals surface area contributed by atoms with Crippen molar-refractivity contribution in [2.45, 2.75) is 0 Å². The van der Waals surface area contributed by atoms with E-state index in [0.717, 1.165) is 11.5 Å². The maximum Gasteiger partial charge on any atom is 0.172 e. The molecule has 0 unspecified atom stereocenters. The van der Waals surface area contributed by atoms with E-state index < -0.39 is 0 Å². The predicted molar refractivity (Wildman–Crippen MR) is 27.5 cm³/mol. The Labute approximate surface area is 46.7 Å². The van der Waals surface area contributed by atoms with E-state index in [1.165, 1.54) is 0 Å². The molecule has 2 aliphatic heterocycles. The molecule has 2 heterocycles. The third-order valence-electron chi connectivity index (χ3n) is 1.07. The van der Waals surface area contributed by atoms with Crippen LogP contribution in [0.2, 0.25) is 0 Å². The molecular formula is C6H4O2. The molecule has 0 spiro atoms. The van der Waals surface area contributed by atoms with Crippen LogP contribution in [0, 0.1) is 0 Å². The van der Waals surface area contributed by atoms with Gasteiger partial charge in [-0.05, 0) is 0 Å². The highest BCUT2D eigenvalue weighted by atomic mass is 16.5. The molecule has 0 aromatic rings. The third-order valence-corrected chi connectivity index (χ3v) is 1.07. The SMILES string of the molecule is C1=CC(=C2C=CO2)O1. The molecule has 0 fully saturated rings. The molecule has 0 saturated heterocycles. The number of hydrogen-bond acceptors (Lipinski definition) is 2. The average molecular weight is 108 g/mol. The topological polar surface area (TPSA) is 18.5 Å². The first kappa shape index (κ1) is 3.78. The molecule has 2 rings (SSSR count). The summed E-state index contributed by atoms with van der Waals surface area (Å²) in [5.74, 6) is 1.65. The Hall–Kier alpha value is -1.18. The molecule has 2 aliphatic rings. The van der Waals surface area contributed by atoms with Crippen molar-refractivity contribution >= 4 is 0 Å². The lowest BCUT2D eigenvalue weighted by atomic mass is 10.3. The van der Waals surface area contributed by atoms with Crippen LogP contribution in [-0.2, 0) is 9.47 Å². The summed E-state index contributed by atoms with van der Waals surface area (Å²) in [6.07, 6.45) is 6.97. The molecular weight excluding hydrogens is 104 g/mol. The van der Waals surface area contributed by atoms with E-state index >= 15 is 0 Å². The van der Waals surface area contributed by atoms with Crippen molar-refractivity contribution in [1.29, 1.82) is 0 Å². The predicted octanol–water partition coefficient (Wildman–Crippen LogP) is 1.29. The fraction of sp³-hybridized carbons (Fsp3) is 0. The van der Waals surface area contributed by atoms with Crippen LogP contribution in [0.1, 0.15) is 0 Å². The van der Waals surface area contributed by atoms with E-state index in [1.807, 2.05) is 12.2 Å². The second-order valence-corrected chi connectivity index (χ2v) is 1.57. The summed E-state index contributed by atoms with van der Waals surface area (Å²) in [7, 11) is 0. The van der Waals surface area contributed by atoms with Crippen LogP contribution in [0.15, 0.2) is 36.2 Å². The van der Waals surface area contributed by atoms with E-state index in [-0.39, 0.29) is 0 Å². The Kier molecular flexibility index (Phi) is 0.545. The Morgan fingerprint density at radius 3 is 1.38 bits per heavy atom. The zero-order valence-electron chi connectivity index (χ0n) is 4.13. The van der Waals surface area contributed by atoms with Gasteiger partial charge < -0.3 is 9.47 Å². The van der Waals surface area contributed by atoms with Gasteiger partial charge in [0.05, 0.1) is 12.5 Å². The maximum absolute atomic E-state index is 4.86. The molecule has 0 aromatic carbocycles. The van der Waals surface area contributed by atoms with Gasteiger partial charge >= 0.3 is 0 Å². The van der Waals surface area contributed by atoms with E-state index in [9.17, 15) is 0 Å². The van der Waals surface area contributed by atoms with Crippen LogP contribution in [-0.4, -0.2) is 0 Å². The zero-order chi connectivity index (χ0) is 5.40. The Morgan fingerprint density at radius 2 is 1.25 bits per heavy atom. The Bertz CT molecular complexity index is 177. The van der Waals surface area contributed by atoms with Crippen molar-refractivity contribution in [1.82, 2.24) is 0 Å². The van der Waals surface area contributed by atoms with E-state index in [0.29, 0.717) is 0 Å². The summed E-state index contributed by atoms with van der Waals surface area (Å²) >= 11 is 0. The molecule has 0 atom stereocenters. The molecule has 0 radical (unpaired) electrons. The lowest BCUT2D eigenvalue weighted by Crippen LogP contribution is -2.02. The molecule has 0 bridgehead atoms. The number of ether oxygens (including phenoxy) is 2. The minimum absolute atomic E-state index is 0.826. The summed E-state index contributed by atoms with van der Waals surface area (Å²) in [6.45, 7) is 0. The van der Waals surface area contributed by atoms with Gasteiger partial charge in [0.15, 0.2) is 11.5 Å². The molecule has 0 aliphatic carbocycles. The van der Waals surface area contributed by atoms with Gasteiger partial charge in [-0.2, -0.15) is 0 Å². The highest BCUT2D eigenvalue weighted by Crippen LogP contribution is 2.23. The van der Waals surface area contributed by atoms with Gasteiger partial charge in [-0.3, -0.25) is 0 Å². The molecule has 2 heteroatoms. The van der Waals surface area contributed by atoms with Gasteiger partial charge in [0.25, 0.3) is 0 Å². The molecule has 0 saturated carbocycles. The Morgan fingerprint density at radius 1 is 0.875 bits per heavy atom. The normalized spacial score (nSPS) is 30.0. The van der Waals surface area contributed by atoms with Crippen molar-refractivity contribution in [3.63, 3.8) is 0 Å². The zero-order valence-corrected chi connectivity index (χ0v) is 4.13. The van der Waals surface area contributed by atoms with E-state index in [1.54, 1.807) is 12.5 Å². The standard InChI is InChI=1S/C6H4O2/c1-3-7-5(1)6-2-4-8-6/h1-4H.